The van der Waals surface area contributed by atoms with Crippen molar-refractivity contribution >= 4 is 8.58 Å². The number of rotatable bonds is 4. The largest absolute Gasteiger partial charge is 0.393 e. The molecule has 134 valence electrons. The van der Waals surface area contributed by atoms with Gasteiger partial charge in [0.15, 0.2) is 0 Å². The van der Waals surface area contributed by atoms with Gasteiger partial charge in [0.05, 0.1) is 6.10 Å². The van der Waals surface area contributed by atoms with Gasteiger partial charge in [-0.15, -0.1) is 0 Å². The first-order valence-corrected chi connectivity index (χ1v) is 10.5. The van der Waals surface area contributed by atoms with Crippen molar-refractivity contribution in [2.75, 3.05) is 0 Å². The summed E-state index contributed by atoms with van der Waals surface area (Å²) in [7, 11) is 0.714. The third-order valence-electron chi connectivity index (χ3n) is 5.71. The van der Waals surface area contributed by atoms with Gasteiger partial charge in [-0.1, -0.05) is 71.2 Å². The molecule has 0 bridgehead atoms. The van der Waals surface area contributed by atoms with E-state index in [1.54, 1.807) is 11.1 Å². The van der Waals surface area contributed by atoms with Crippen LogP contribution in [0.1, 0.15) is 73.6 Å². The third-order valence-corrected chi connectivity index (χ3v) is 6.43. The Labute approximate surface area is 150 Å². The van der Waals surface area contributed by atoms with E-state index in [1.165, 1.54) is 30.4 Å². The molecule has 0 spiro atoms. The van der Waals surface area contributed by atoms with Crippen LogP contribution in [-0.2, 0) is 0 Å². The Kier molecular flexibility index (Phi) is 6.32. The molecule has 1 nitrogen and oxygen atoms in total. The smallest absolute Gasteiger partial charge is 0.0585 e. The van der Waals surface area contributed by atoms with Crippen LogP contribution < -0.4 is 0 Å². The van der Waals surface area contributed by atoms with Gasteiger partial charge in [-0.3, -0.25) is 0 Å². The van der Waals surface area contributed by atoms with Crippen LogP contribution in [0.25, 0.3) is 0 Å². The average molecular weight is 346 g/mol. The molecule has 2 rings (SSSR count). The minimum Gasteiger partial charge on any atom is -0.393 e. The normalized spacial score (nSPS) is 28.0. The average Bonchev–Trinajstić information content (AvgIpc) is 2.42. The van der Waals surface area contributed by atoms with Crippen molar-refractivity contribution in [2.45, 2.75) is 79.8 Å². The van der Waals surface area contributed by atoms with Crippen molar-refractivity contribution in [3.8, 4) is 0 Å². The summed E-state index contributed by atoms with van der Waals surface area (Å²) in [5, 5.41) is 9.99. The molecule has 2 aliphatic rings. The minimum absolute atomic E-state index is 0.0803. The van der Waals surface area contributed by atoms with Crippen LogP contribution in [0, 0.1) is 10.8 Å². The first kappa shape index (κ1) is 19.7. The van der Waals surface area contributed by atoms with Crippen molar-refractivity contribution in [3.05, 3.63) is 46.1 Å². The molecule has 0 fully saturated rings. The number of aliphatic hydroxyl groups excluding tert-OH is 1. The van der Waals surface area contributed by atoms with Gasteiger partial charge < -0.3 is 5.11 Å². The molecule has 0 aromatic rings. The molecular formula is C22H35OP. The number of allylic oxidation sites excluding steroid dienone is 5. The van der Waals surface area contributed by atoms with Crippen LogP contribution in [-0.4, -0.2) is 11.2 Å². The number of hydrogen-bond donors (Lipinski definition) is 1. The lowest BCUT2D eigenvalue weighted by Crippen LogP contribution is -2.28. The van der Waals surface area contributed by atoms with Gasteiger partial charge in [0.1, 0.15) is 0 Å². The second kappa shape index (κ2) is 7.71. The Balaban J connectivity index is 2.03. The zero-order valence-corrected chi connectivity index (χ0v) is 17.4. The lowest BCUT2D eigenvalue weighted by Gasteiger charge is -2.35. The Morgan fingerprint density at radius 3 is 2.08 bits per heavy atom. The molecule has 0 aliphatic heterocycles. The molecule has 2 atom stereocenters. The summed E-state index contributed by atoms with van der Waals surface area (Å²) in [6.45, 7) is 13.7. The molecule has 0 aromatic heterocycles. The van der Waals surface area contributed by atoms with E-state index in [0.717, 1.165) is 12.8 Å². The van der Waals surface area contributed by atoms with Gasteiger partial charge in [0.25, 0.3) is 0 Å². The lowest BCUT2D eigenvalue weighted by atomic mass is 9.72. The van der Waals surface area contributed by atoms with E-state index < -0.39 is 0 Å². The van der Waals surface area contributed by atoms with Crippen LogP contribution in [0.2, 0.25) is 0 Å². The molecule has 0 amide bonds. The van der Waals surface area contributed by atoms with Crippen LogP contribution in [0.3, 0.4) is 0 Å². The fraction of sp³-hybridized carbons (Fsp3) is 0.636. The molecule has 24 heavy (non-hydrogen) atoms. The highest BCUT2D eigenvalue weighted by molar-refractivity contribution is 7.45. The van der Waals surface area contributed by atoms with Crippen LogP contribution >= 0.6 is 8.58 Å². The predicted molar refractivity (Wildman–Crippen MR) is 109 cm³/mol. The van der Waals surface area contributed by atoms with E-state index in [4.69, 9.17) is 0 Å². The molecule has 0 saturated carbocycles. The van der Waals surface area contributed by atoms with Gasteiger partial charge in [-0.2, -0.15) is 0 Å². The molecule has 0 heterocycles. The first-order chi connectivity index (χ1) is 11.1. The second-order valence-corrected chi connectivity index (χ2v) is 9.90. The monoisotopic (exact) mass is 346 g/mol. The molecule has 2 unspecified atom stereocenters. The zero-order chi connectivity index (χ0) is 18.0. The fourth-order valence-corrected chi connectivity index (χ4v) is 5.15. The van der Waals surface area contributed by atoms with Crippen LogP contribution in [0.5, 0.6) is 0 Å². The molecule has 2 heteroatoms. The van der Waals surface area contributed by atoms with E-state index >= 15 is 0 Å². The van der Waals surface area contributed by atoms with Crippen molar-refractivity contribution in [1.82, 2.24) is 0 Å². The fourth-order valence-electron chi connectivity index (χ4n) is 4.51. The highest BCUT2D eigenvalue weighted by Gasteiger charge is 2.31. The lowest BCUT2D eigenvalue weighted by molar-refractivity contribution is 0.116. The first-order valence-electron chi connectivity index (χ1n) is 9.31. The summed E-state index contributed by atoms with van der Waals surface area (Å²) < 4.78 is 0. The molecule has 1 N–H and O–H groups in total. The zero-order valence-electron chi connectivity index (χ0n) is 16.4. The van der Waals surface area contributed by atoms with E-state index in [2.05, 4.69) is 65.3 Å². The summed E-state index contributed by atoms with van der Waals surface area (Å²) in [6.07, 6.45) is 10.1. The van der Waals surface area contributed by atoms with Crippen molar-refractivity contribution < 1.29 is 5.11 Å². The van der Waals surface area contributed by atoms with E-state index in [9.17, 15) is 5.11 Å². The van der Waals surface area contributed by atoms with E-state index in [1.807, 2.05) is 0 Å². The van der Waals surface area contributed by atoms with Crippen molar-refractivity contribution in [2.24, 2.45) is 10.8 Å². The van der Waals surface area contributed by atoms with Gasteiger partial charge in [0, 0.05) is 0 Å². The molecule has 0 radical (unpaired) electrons. The van der Waals surface area contributed by atoms with Crippen LogP contribution in [0.15, 0.2) is 46.1 Å². The Hall–Kier alpha value is -0.650. The standard InChI is InChI=1S/C22H35OP/c1-16-8-7-11-21(3,4)19(16)9-12-24-13-10-20-17(2)14-18(23)15-22(20,5)6/h9-10,12-13,18,23-24H,7-8,11,14-15H2,1-6H3/b12-9+,13-10+. The molecule has 0 aromatic carbocycles. The second-order valence-electron chi connectivity index (χ2n) is 8.90. The summed E-state index contributed by atoms with van der Waals surface area (Å²) >= 11 is 0. The Morgan fingerprint density at radius 1 is 0.958 bits per heavy atom. The quantitative estimate of drug-likeness (QED) is 0.560. The van der Waals surface area contributed by atoms with Gasteiger partial charge in [0.2, 0.25) is 0 Å². The highest BCUT2D eigenvalue weighted by Crippen LogP contribution is 2.43. The summed E-state index contributed by atoms with van der Waals surface area (Å²) in [5.41, 5.74) is 6.28. The molecule has 2 aliphatic carbocycles. The van der Waals surface area contributed by atoms with E-state index in [0.29, 0.717) is 14.0 Å². The maximum Gasteiger partial charge on any atom is 0.0585 e. The Bertz CT molecular complexity index is 587. The summed E-state index contributed by atoms with van der Waals surface area (Å²) in [6, 6.07) is 0. The summed E-state index contributed by atoms with van der Waals surface area (Å²) in [5.74, 6) is 4.64. The minimum atomic E-state index is -0.178. The number of aliphatic hydroxyl groups is 1. The van der Waals surface area contributed by atoms with Crippen molar-refractivity contribution in [3.63, 3.8) is 0 Å². The predicted octanol–water partition coefficient (Wildman–Crippen LogP) is 6.72. The third kappa shape index (κ3) is 4.70. The maximum atomic E-state index is 9.99. The van der Waals surface area contributed by atoms with Gasteiger partial charge in [-0.05, 0) is 67.9 Å². The molecule has 0 saturated heterocycles. The van der Waals surface area contributed by atoms with Crippen LogP contribution in [0.4, 0.5) is 0 Å². The van der Waals surface area contributed by atoms with Crippen molar-refractivity contribution in [1.29, 1.82) is 0 Å². The Morgan fingerprint density at radius 2 is 1.54 bits per heavy atom. The van der Waals surface area contributed by atoms with Gasteiger partial charge >= 0.3 is 0 Å². The van der Waals surface area contributed by atoms with E-state index in [-0.39, 0.29) is 11.5 Å². The van der Waals surface area contributed by atoms with Gasteiger partial charge in [-0.25, -0.2) is 0 Å². The number of hydrogen-bond acceptors (Lipinski definition) is 1. The highest BCUT2D eigenvalue weighted by atomic mass is 31.1. The SMILES string of the molecule is CC1=C(/C=C/P/C=C/C2=C(C)CC(O)CC2(C)C)C(C)(C)CCC1. The summed E-state index contributed by atoms with van der Waals surface area (Å²) in [4.78, 5) is 0. The topological polar surface area (TPSA) is 20.2 Å². The molecular weight excluding hydrogens is 311 g/mol. The maximum absolute atomic E-state index is 9.99.